The predicted octanol–water partition coefficient (Wildman–Crippen LogP) is 3.02. The van der Waals surface area contributed by atoms with E-state index >= 15 is 0 Å². The van der Waals surface area contributed by atoms with E-state index < -0.39 is 0 Å². The van der Waals surface area contributed by atoms with Gasteiger partial charge in [0.05, 0.1) is 10.8 Å². The minimum absolute atomic E-state index is 0.0334. The first kappa shape index (κ1) is 15.1. The zero-order chi connectivity index (χ0) is 15.7. The van der Waals surface area contributed by atoms with Gasteiger partial charge in [-0.2, -0.15) is 0 Å². The van der Waals surface area contributed by atoms with E-state index in [1.54, 1.807) is 4.90 Å². The van der Waals surface area contributed by atoms with Crippen LogP contribution in [-0.2, 0) is 4.79 Å². The SMILES string of the molecule is NC(=O)C1CCN(C(=O)c2ccc(-c3ccc(Cl)cc3)s2)C1. The van der Waals surface area contributed by atoms with E-state index in [2.05, 4.69) is 0 Å². The smallest absolute Gasteiger partial charge is 0.263 e. The maximum Gasteiger partial charge on any atom is 0.263 e. The first-order chi connectivity index (χ1) is 10.5. The molecular weight excluding hydrogens is 320 g/mol. The summed E-state index contributed by atoms with van der Waals surface area (Å²) in [6, 6.07) is 11.3. The molecule has 0 radical (unpaired) electrons. The Morgan fingerprint density at radius 1 is 1.18 bits per heavy atom. The molecule has 1 fully saturated rings. The molecule has 1 aromatic carbocycles. The molecule has 4 nitrogen and oxygen atoms in total. The lowest BCUT2D eigenvalue weighted by molar-refractivity contribution is -0.121. The number of nitrogens with zero attached hydrogens (tertiary/aromatic N) is 1. The number of nitrogens with two attached hydrogens (primary N) is 1. The number of amides is 2. The van der Waals surface area contributed by atoms with Gasteiger partial charge in [-0.15, -0.1) is 11.3 Å². The van der Waals surface area contributed by atoms with Gasteiger partial charge in [0.25, 0.3) is 5.91 Å². The van der Waals surface area contributed by atoms with Gasteiger partial charge in [-0.05, 0) is 36.2 Å². The molecule has 2 N–H and O–H groups in total. The maximum atomic E-state index is 12.5. The van der Waals surface area contributed by atoms with E-state index in [1.165, 1.54) is 11.3 Å². The van der Waals surface area contributed by atoms with Crippen LogP contribution in [0.15, 0.2) is 36.4 Å². The maximum absolute atomic E-state index is 12.5. The Morgan fingerprint density at radius 3 is 2.55 bits per heavy atom. The van der Waals surface area contributed by atoms with Gasteiger partial charge < -0.3 is 10.6 Å². The first-order valence-corrected chi connectivity index (χ1v) is 8.18. The fourth-order valence-electron chi connectivity index (χ4n) is 2.55. The Bertz CT molecular complexity index is 711. The third-order valence-corrected chi connectivity index (χ3v) is 5.20. The van der Waals surface area contributed by atoms with Crippen molar-refractivity contribution < 1.29 is 9.59 Å². The third kappa shape index (κ3) is 3.00. The molecule has 6 heteroatoms. The lowest BCUT2D eigenvalue weighted by Gasteiger charge is -2.14. The molecule has 1 aliphatic rings. The van der Waals surface area contributed by atoms with E-state index in [1.807, 2.05) is 36.4 Å². The molecule has 2 amide bonds. The van der Waals surface area contributed by atoms with Gasteiger partial charge in [0, 0.05) is 23.0 Å². The van der Waals surface area contributed by atoms with Crippen LogP contribution in [-0.4, -0.2) is 29.8 Å². The van der Waals surface area contributed by atoms with Crippen molar-refractivity contribution in [2.75, 3.05) is 13.1 Å². The van der Waals surface area contributed by atoms with Gasteiger partial charge >= 0.3 is 0 Å². The molecule has 2 heterocycles. The number of primary amides is 1. The van der Waals surface area contributed by atoms with E-state index in [0.29, 0.717) is 29.4 Å². The number of halogens is 1. The number of thiophene rings is 1. The molecule has 1 aromatic heterocycles. The van der Waals surface area contributed by atoms with Crippen LogP contribution in [0.2, 0.25) is 5.02 Å². The van der Waals surface area contributed by atoms with E-state index in [-0.39, 0.29) is 17.7 Å². The first-order valence-electron chi connectivity index (χ1n) is 6.99. The summed E-state index contributed by atoms with van der Waals surface area (Å²) in [7, 11) is 0. The van der Waals surface area contributed by atoms with Crippen molar-refractivity contribution >= 4 is 34.8 Å². The Kier molecular flexibility index (Phi) is 4.18. The Hall–Kier alpha value is -1.85. The highest BCUT2D eigenvalue weighted by molar-refractivity contribution is 7.17. The fourth-order valence-corrected chi connectivity index (χ4v) is 3.66. The van der Waals surface area contributed by atoms with Crippen molar-refractivity contribution in [3.05, 3.63) is 46.3 Å². The average molecular weight is 335 g/mol. The summed E-state index contributed by atoms with van der Waals surface area (Å²) in [4.78, 5) is 27.1. The van der Waals surface area contributed by atoms with Gasteiger partial charge in [-0.25, -0.2) is 0 Å². The van der Waals surface area contributed by atoms with Crippen LogP contribution in [0.25, 0.3) is 10.4 Å². The summed E-state index contributed by atoms with van der Waals surface area (Å²) in [5.74, 6) is -0.586. The molecule has 0 bridgehead atoms. The molecule has 114 valence electrons. The summed E-state index contributed by atoms with van der Waals surface area (Å²) in [6.45, 7) is 1.00. The highest BCUT2D eigenvalue weighted by Crippen LogP contribution is 2.30. The molecule has 22 heavy (non-hydrogen) atoms. The van der Waals surface area contributed by atoms with E-state index in [4.69, 9.17) is 17.3 Å². The summed E-state index contributed by atoms with van der Waals surface area (Å²) < 4.78 is 0. The van der Waals surface area contributed by atoms with Crippen molar-refractivity contribution in [1.82, 2.24) is 4.90 Å². The number of hydrogen-bond donors (Lipinski definition) is 1. The molecule has 2 aromatic rings. The molecule has 3 rings (SSSR count). The minimum atomic E-state index is -0.330. The van der Waals surface area contributed by atoms with Crippen molar-refractivity contribution in [3.8, 4) is 10.4 Å². The number of likely N-dealkylation sites (tertiary alicyclic amines) is 1. The largest absolute Gasteiger partial charge is 0.369 e. The Balaban J connectivity index is 1.75. The molecular formula is C16H15ClN2O2S. The summed E-state index contributed by atoms with van der Waals surface area (Å²) in [6.07, 6.45) is 0.649. The lowest BCUT2D eigenvalue weighted by Crippen LogP contribution is -2.31. The highest BCUT2D eigenvalue weighted by Gasteiger charge is 2.30. The van der Waals surface area contributed by atoms with E-state index in [9.17, 15) is 9.59 Å². The van der Waals surface area contributed by atoms with Crippen molar-refractivity contribution in [2.24, 2.45) is 11.7 Å². The summed E-state index contributed by atoms with van der Waals surface area (Å²) >= 11 is 7.33. The fraction of sp³-hybridized carbons (Fsp3) is 0.250. The summed E-state index contributed by atoms with van der Waals surface area (Å²) in [5, 5.41) is 0.686. The number of carbonyl (C=O) groups is 2. The van der Waals surface area contributed by atoms with Crippen LogP contribution in [0.3, 0.4) is 0 Å². The zero-order valence-electron chi connectivity index (χ0n) is 11.8. The second-order valence-corrected chi connectivity index (χ2v) is 6.83. The van der Waals surface area contributed by atoms with Gasteiger partial charge in [-0.1, -0.05) is 23.7 Å². The van der Waals surface area contributed by atoms with Gasteiger partial charge in [0.2, 0.25) is 5.91 Å². The molecule has 1 unspecified atom stereocenters. The van der Waals surface area contributed by atoms with Crippen LogP contribution in [0.4, 0.5) is 0 Å². The second kappa shape index (κ2) is 6.10. The van der Waals surface area contributed by atoms with Gasteiger partial charge in [0.1, 0.15) is 0 Å². The Labute approximate surface area is 137 Å². The van der Waals surface area contributed by atoms with Crippen LogP contribution in [0.1, 0.15) is 16.1 Å². The monoisotopic (exact) mass is 334 g/mol. The van der Waals surface area contributed by atoms with E-state index in [0.717, 1.165) is 10.4 Å². The highest BCUT2D eigenvalue weighted by atomic mass is 35.5. The molecule has 0 aliphatic carbocycles. The molecule has 1 saturated heterocycles. The lowest BCUT2D eigenvalue weighted by atomic mass is 10.1. The van der Waals surface area contributed by atoms with Gasteiger partial charge in [0.15, 0.2) is 0 Å². The number of hydrogen-bond acceptors (Lipinski definition) is 3. The number of carbonyl (C=O) groups excluding carboxylic acids is 2. The van der Waals surface area contributed by atoms with Crippen molar-refractivity contribution in [1.29, 1.82) is 0 Å². The average Bonchev–Trinajstić information content (AvgIpc) is 3.17. The topological polar surface area (TPSA) is 63.4 Å². The zero-order valence-corrected chi connectivity index (χ0v) is 13.4. The van der Waals surface area contributed by atoms with Crippen LogP contribution in [0, 0.1) is 5.92 Å². The quantitative estimate of drug-likeness (QED) is 0.937. The minimum Gasteiger partial charge on any atom is -0.369 e. The molecule has 0 saturated carbocycles. The third-order valence-electron chi connectivity index (χ3n) is 3.82. The van der Waals surface area contributed by atoms with Crippen LogP contribution >= 0.6 is 22.9 Å². The number of benzene rings is 1. The standard InChI is InChI=1S/C16H15ClN2O2S/c17-12-3-1-10(2-4-12)13-5-6-14(22-13)16(21)19-8-7-11(9-19)15(18)20/h1-6,11H,7-9H2,(H2,18,20). The second-order valence-electron chi connectivity index (χ2n) is 5.31. The predicted molar refractivity (Wildman–Crippen MR) is 88.0 cm³/mol. The number of rotatable bonds is 3. The van der Waals surface area contributed by atoms with Gasteiger partial charge in [-0.3, -0.25) is 9.59 Å². The molecule has 0 spiro atoms. The molecule has 1 atom stereocenters. The summed E-state index contributed by atoms with van der Waals surface area (Å²) in [5.41, 5.74) is 6.34. The van der Waals surface area contributed by atoms with Crippen molar-refractivity contribution in [2.45, 2.75) is 6.42 Å². The van der Waals surface area contributed by atoms with Crippen LogP contribution < -0.4 is 5.73 Å². The van der Waals surface area contributed by atoms with Crippen molar-refractivity contribution in [3.63, 3.8) is 0 Å². The molecule has 1 aliphatic heterocycles. The normalized spacial score (nSPS) is 17.7. The van der Waals surface area contributed by atoms with Crippen LogP contribution in [0.5, 0.6) is 0 Å². The Morgan fingerprint density at radius 2 is 1.91 bits per heavy atom.